The number of anilines is 1. The largest absolute Gasteiger partial charge is 0.462 e. The Morgan fingerprint density at radius 2 is 2.00 bits per heavy atom. The third-order valence-corrected chi connectivity index (χ3v) is 6.86. The number of fused-ring (bicyclic) bond motifs is 1. The zero-order valence-electron chi connectivity index (χ0n) is 16.4. The molecule has 1 aromatic heterocycles. The highest BCUT2D eigenvalue weighted by Crippen LogP contribution is 2.38. The fourth-order valence-electron chi connectivity index (χ4n) is 3.27. The number of amides is 2. The molecule has 0 spiro atoms. The van der Waals surface area contributed by atoms with E-state index in [0.717, 1.165) is 36.1 Å². The fourth-order valence-corrected chi connectivity index (χ4v) is 5.46. The van der Waals surface area contributed by atoms with Crippen LogP contribution in [0.3, 0.4) is 0 Å². The van der Waals surface area contributed by atoms with Crippen molar-refractivity contribution in [3.05, 3.63) is 16.0 Å². The summed E-state index contributed by atoms with van der Waals surface area (Å²) in [5.74, 6) is -0.936. The van der Waals surface area contributed by atoms with Gasteiger partial charge in [0, 0.05) is 4.88 Å². The molecular formula is C19H24N2O6S2. The molecule has 0 saturated carbocycles. The van der Waals surface area contributed by atoms with Crippen LogP contribution in [0.5, 0.6) is 0 Å². The van der Waals surface area contributed by atoms with Gasteiger partial charge in [-0.3, -0.25) is 14.4 Å². The van der Waals surface area contributed by atoms with E-state index in [-0.39, 0.29) is 19.1 Å². The number of rotatable bonds is 7. The second-order valence-corrected chi connectivity index (χ2v) is 8.89. The van der Waals surface area contributed by atoms with Crippen molar-refractivity contribution in [2.45, 2.75) is 45.6 Å². The summed E-state index contributed by atoms with van der Waals surface area (Å²) in [5.41, 5.74) is 1.36. The molecule has 1 atom stereocenters. The van der Waals surface area contributed by atoms with E-state index in [4.69, 9.17) is 9.47 Å². The lowest BCUT2D eigenvalue weighted by atomic mass is 9.95. The Kier molecular flexibility index (Phi) is 7.18. The summed E-state index contributed by atoms with van der Waals surface area (Å²) in [6.45, 7) is 3.27. The first-order chi connectivity index (χ1) is 13.9. The molecule has 1 fully saturated rings. The van der Waals surface area contributed by atoms with E-state index in [2.05, 4.69) is 5.32 Å². The predicted octanol–water partition coefficient (Wildman–Crippen LogP) is 2.21. The molecule has 10 heteroatoms. The first kappa shape index (κ1) is 21.6. The summed E-state index contributed by atoms with van der Waals surface area (Å²) < 4.78 is 10.4. The molecule has 2 aliphatic rings. The molecule has 1 aliphatic heterocycles. The van der Waals surface area contributed by atoms with E-state index >= 15 is 0 Å². The smallest absolute Gasteiger partial charge is 0.341 e. The summed E-state index contributed by atoms with van der Waals surface area (Å²) in [7, 11) is 0. The van der Waals surface area contributed by atoms with E-state index < -0.39 is 23.9 Å². The Bertz CT molecular complexity index is 822. The molecular weight excluding hydrogens is 416 g/mol. The Morgan fingerprint density at radius 3 is 2.69 bits per heavy atom. The number of nitrogens with zero attached hydrogens (tertiary/aromatic N) is 1. The molecule has 1 unspecified atom stereocenters. The van der Waals surface area contributed by atoms with Crippen molar-refractivity contribution < 1.29 is 28.7 Å². The van der Waals surface area contributed by atoms with Gasteiger partial charge in [0.25, 0.3) is 5.91 Å². The number of esters is 2. The molecule has 158 valence electrons. The molecule has 2 heterocycles. The van der Waals surface area contributed by atoms with Crippen LogP contribution in [0, 0.1) is 0 Å². The van der Waals surface area contributed by atoms with E-state index in [1.54, 1.807) is 6.92 Å². The van der Waals surface area contributed by atoms with Gasteiger partial charge in [-0.05, 0) is 45.1 Å². The Morgan fingerprint density at radius 1 is 1.24 bits per heavy atom. The molecule has 29 heavy (non-hydrogen) atoms. The number of thioether (sulfide) groups is 1. The van der Waals surface area contributed by atoms with Crippen LogP contribution in [0.1, 0.15) is 47.5 Å². The normalized spacial score (nSPS) is 16.9. The molecule has 0 radical (unpaired) electrons. The maximum Gasteiger partial charge on any atom is 0.341 e. The van der Waals surface area contributed by atoms with Crippen molar-refractivity contribution in [3.8, 4) is 0 Å². The number of nitrogens with one attached hydrogen (secondary N) is 1. The van der Waals surface area contributed by atoms with Crippen LogP contribution in [0.2, 0.25) is 0 Å². The highest BCUT2D eigenvalue weighted by atomic mass is 32.2. The molecule has 8 nitrogen and oxygen atoms in total. The summed E-state index contributed by atoms with van der Waals surface area (Å²) in [6.07, 6.45) is 2.63. The Hall–Kier alpha value is -2.07. The van der Waals surface area contributed by atoms with Gasteiger partial charge < -0.3 is 19.7 Å². The van der Waals surface area contributed by atoms with Gasteiger partial charge >= 0.3 is 11.9 Å². The Labute approximate surface area is 177 Å². The molecule has 0 aromatic carbocycles. The van der Waals surface area contributed by atoms with Gasteiger partial charge in [-0.15, -0.1) is 23.1 Å². The van der Waals surface area contributed by atoms with Gasteiger partial charge in [-0.1, -0.05) is 0 Å². The second-order valence-electron chi connectivity index (χ2n) is 6.83. The number of hydrogen-bond acceptors (Lipinski definition) is 8. The summed E-state index contributed by atoms with van der Waals surface area (Å²) >= 11 is 2.81. The second kappa shape index (κ2) is 9.62. The molecule has 1 aromatic rings. The van der Waals surface area contributed by atoms with E-state index in [0.29, 0.717) is 22.2 Å². The van der Waals surface area contributed by atoms with E-state index in [9.17, 15) is 19.2 Å². The fraction of sp³-hybridized carbons (Fsp3) is 0.579. The molecule has 3 rings (SSSR count). The number of carbonyl (C=O) groups excluding carboxylic acids is 4. The third-order valence-electron chi connectivity index (χ3n) is 4.71. The highest BCUT2D eigenvalue weighted by Gasteiger charge is 2.29. The average Bonchev–Trinajstić information content (AvgIpc) is 3.24. The average molecular weight is 441 g/mol. The SMILES string of the molecule is CCOC(=O)c1c(NC(=O)C(C)OC(=O)CN2CSCC2=O)sc2c1CCCC2. The lowest BCUT2D eigenvalue weighted by Crippen LogP contribution is -2.36. The molecule has 0 bridgehead atoms. The zero-order chi connectivity index (χ0) is 21.0. The zero-order valence-corrected chi connectivity index (χ0v) is 18.1. The van der Waals surface area contributed by atoms with Crippen LogP contribution in [0.4, 0.5) is 5.00 Å². The monoisotopic (exact) mass is 440 g/mol. The lowest BCUT2D eigenvalue weighted by molar-refractivity contribution is -0.155. The molecule has 1 N–H and O–H groups in total. The molecule has 1 aliphatic carbocycles. The minimum atomic E-state index is -1.05. The van der Waals surface area contributed by atoms with Crippen molar-refractivity contribution in [2.75, 3.05) is 30.1 Å². The first-order valence-electron chi connectivity index (χ1n) is 9.58. The number of ether oxygens (including phenoxy) is 2. The molecule has 2 amide bonds. The minimum absolute atomic E-state index is 0.118. The maximum atomic E-state index is 12.6. The topological polar surface area (TPSA) is 102 Å². The van der Waals surface area contributed by atoms with Crippen LogP contribution < -0.4 is 5.32 Å². The standard InChI is InChI=1S/C19H24N2O6S2/c1-3-26-19(25)16-12-6-4-5-7-13(12)29-18(16)20-17(24)11(2)27-15(23)8-21-10-28-9-14(21)22/h11H,3-10H2,1-2H3,(H,20,24). The van der Waals surface area contributed by atoms with Gasteiger partial charge in [-0.25, -0.2) is 4.79 Å². The van der Waals surface area contributed by atoms with Crippen LogP contribution >= 0.6 is 23.1 Å². The number of carbonyl (C=O) groups is 4. The summed E-state index contributed by atoms with van der Waals surface area (Å²) in [6, 6.07) is 0. The van der Waals surface area contributed by atoms with Gasteiger partial charge in [0.05, 0.1) is 23.8 Å². The lowest BCUT2D eigenvalue weighted by Gasteiger charge is -2.17. The highest BCUT2D eigenvalue weighted by molar-refractivity contribution is 8.00. The number of aryl methyl sites for hydroxylation is 1. The summed E-state index contributed by atoms with van der Waals surface area (Å²) in [4.78, 5) is 51.2. The van der Waals surface area contributed by atoms with Crippen LogP contribution in [0.15, 0.2) is 0 Å². The molecule has 1 saturated heterocycles. The third kappa shape index (κ3) is 5.11. The van der Waals surface area contributed by atoms with Crippen LogP contribution in [-0.2, 0) is 36.7 Å². The van der Waals surface area contributed by atoms with Crippen LogP contribution in [-0.4, -0.2) is 59.5 Å². The first-order valence-corrected chi connectivity index (χ1v) is 11.5. The van der Waals surface area contributed by atoms with Gasteiger partial charge in [0.2, 0.25) is 5.91 Å². The van der Waals surface area contributed by atoms with Crippen LogP contribution in [0.25, 0.3) is 0 Å². The van der Waals surface area contributed by atoms with Crippen molar-refractivity contribution in [1.82, 2.24) is 4.90 Å². The van der Waals surface area contributed by atoms with Crippen molar-refractivity contribution in [1.29, 1.82) is 0 Å². The number of hydrogen-bond donors (Lipinski definition) is 1. The van der Waals surface area contributed by atoms with Crippen molar-refractivity contribution >= 4 is 51.9 Å². The summed E-state index contributed by atoms with van der Waals surface area (Å²) in [5, 5.41) is 3.17. The van der Waals surface area contributed by atoms with Gasteiger partial charge in [-0.2, -0.15) is 0 Å². The Balaban J connectivity index is 1.66. The van der Waals surface area contributed by atoms with E-state index in [1.807, 2.05) is 0 Å². The van der Waals surface area contributed by atoms with Crippen molar-refractivity contribution in [2.24, 2.45) is 0 Å². The van der Waals surface area contributed by atoms with E-state index in [1.165, 1.54) is 34.9 Å². The van der Waals surface area contributed by atoms with Gasteiger partial charge in [0.15, 0.2) is 6.10 Å². The van der Waals surface area contributed by atoms with Gasteiger partial charge in [0.1, 0.15) is 11.5 Å². The quantitative estimate of drug-likeness (QED) is 0.649. The predicted molar refractivity (Wildman–Crippen MR) is 110 cm³/mol. The minimum Gasteiger partial charge on any atom is -0.462 e. The maximum absolute atomic E-state index is 12.6. The van der Waals surface area contributed by atoms with Crippen molar-refractivity contribution in [3.63, 3.8) is 0 Å². The number of thiophene rings is 1.